The van der Waals surface area contributed by atoms with Gasteiger partial charge in [-0.05, 0) is 26.0 Å². The van der Waals surface area contributed by atoms with Crippen LogP contribution in [0, 0.1) is 13.8 Å². The molecule has 0 unspecified atom stereocenters. The van der Waals surface area contributed by atoms with Crippen LogP contribution in [0.4, 0.5) is 5.69 Å². The second-order valence-corrected chi connectivity index (χ2v) is 7.58. The van der Waals surface area contributed by atoms with Gasteiger partial charge in [0.05, 0.1) is 5.69 Å². The Kier molecular flexibility index (Phi) is 9.60. The van der Waals surface area contributed by atoms with Gasteiger partial charge in [0.15, 0.2) is 5.96 Å². The predicted molar refractivity (Wildman–Crippen MR) is 136 cm³/mol. The number of piperazine rings is 1. The zero-order valence-electron chi connectivity index (χ0n) is 18.9. The van der Waals surface area contributed by atoms with E-state index in [4.69, 9.17) is 0 Å². The summed E-state index contributed by atoms with van der Waals surface area (Å²) in [6.07, 6.45) is 0.455. The largest absolute Gasteiger partial charge is 0.368 e. The van der Waals surface area contributed by atoms with Gasteiger partial charge in [-0.1, -0.05) is 18.2 Å². The van der Waals surface area contributed by atoms with Crippen molar-refractivity contribution in [1.82, 2.24) is 25.3 Å². The molecule has 1 aliphatic rings. The summed E-state index contributed by atoms with van der Waals surface area (Å²) >= 11 is 0. The summed E-state index contributed by atoms with van der Waals surface area (Å²) in [5.74, 6) is 0.879. The molecule has 2 heterocycles. The molecule has 1 aromatic carbocycles. The lowest BCUT2D eigenvalue weighted by Crippen LogP contribution is -2.49. The van der Waals surface area contributed by atoms with E-state index in [0.29, 0.717) is 25.5 Å². The first-order chi connectivity index (χ1) is 14.5. The molecule has 3 rings (SSSR count). The third kappa shape index (κ3) is 6.59. The second kappa shape index (κ2) is 11.9. The van der Waals surface area contributed by atoms with Crippen LogP contribution in [-0.4, -0.2) is 66.3 Å². The summed E-state index contributed by atoms with van der Waals surface area (Å²) in [4.78, 5) is 21.1. The van der Waals surface area contributed by atoms with Crippen molar-refractivity contribution in [2.45, 2.75) is 26.8 Å². The lowest BCUT2D eigenvalue weighted by molar-refractivity contribution is -0.131. The molecule has 170 valence electrons. The predicted octanol–water partition coefficient (Wildman–Crippen LogP) is 2.06. The molecule has 31 heavy (non-hydrogen) atoms. The highest BCUT2D eigenvalue weighted by molar-refractivity contribution is 14.0. The van der Waals surface area contributed by atoms with Crippen LogP contribution in [0.25, 0.3) is 0 Å². The van der Waals surface area contributed by atoms with Gasteiger partial charge in [0.2, 0.25) is 5.91 Å². The molecule has 8 nitrogen and oxygen atoms in total. The minimum atomic E-state index is 0. The van der Waals surface area contributed by atoms with E-state index in [1.165, 1.54) is 11.3 Å². The summed E-state index contributed by atoms with van der Waals surface area (Å²) in [7, 11) is 3.69. The summed E-state index contributed by atoms with van der Waals surface area (Å²) in [6, 6.07) is 10.4. The van der Waals surface area contributed by atoms with Crippen molar-refractivity contribution in [3.8, 4) is 0 Å². The zero-order chi connectivity index (χ0) is 21.5. The van der Waals surface area contributed by atoms with Crippen LogP contribution in [0.3, 0.4) is 0 Å². The number of aromatic nitrogens is 2. The van der Waals surface area contributed by atoms with Crippen molar-refractivity contribution >= 4 is 41.5 Å². The Morgan fingerprint density at radius 3 is 2.35 bits per heavy atom. The minimum Gasteiger partial charge on any atom is -0.368 e. The molecular weight excluding hydrogens is 505 g/mol. The number of amides is 1. The number of hydrogen-bond acceptors (Lipinski definition) is 4. The molecule has 1 amide bonds. The van der Waals surface area contributed by atoms with Crippen molar-refractivity contribution < 1.29 is 4.79 Å². The molecule has 0 bridgehead atoms. The Morgan fingerprint density at radius 1 is 1.10 bits per heavy atom. The zero-order valence-corrected chi connectivity index (χ0v) is 21.2. The van der Waals surface area contributed by atoms with Gasteiger partial charge in [-0.2, -0.15) is 5.10 Å². The van der Waals surface area contributed by atoms with Gasteiger partial charge in [0.25, 0.3) is 0 Å². The van der Waals surface area contributed by atoms with Crippen LogP contribution in [0.2, 0.25) is 0 Å². The molecular formula is C22H34IN7O. The molecule has 0 saturated carbocycles. The molecule has 0 atom stereocenters. The third-order valence-corrected chi connectivity index (χ3v) is 5.70. The number of carbonyl (C=O) groups excluding carboxylic acids is 1. The maximum absolute atomic E-state index is 12.6. The van der Waals surface area contributed by atoms with Crippen molar-refractivity contribution in [3.63, 3.8) is 0 Å². The topological polar surface area (TPSA) is 77.8 Å². The fourth-order valence-corrected chi connectivity index (χ4v) is 3.76. The van der Waals surface area contributed by atoms with Crippen molar-refractivity contribution in [1.29, 1.82) is 0 Å². The number of aryl methyl sites for hydroxylation is 2. The van der Waals surface area contributed by atoms with Gasteiger partial charge in [0, 0.05) is 76.7 Å². The monoisotopic (exact) mass is 539 g/mol. The highest BCUT2D eigenvalue weighted by Gasteiger charge is 2.21. The van der Waals surface area contributed by atoms with Crippen LogP contribution >= 0.6 is 24.0 Å². The number of nitrogens with zero attached hydrogens (tertiary/aromatic N) is 5. The number of nitrogens with one attached hydrogen (secondary N) is 2. The van der Waals surface area contributed by atoms with Crippen LogP contribution in [0.15, 0.2) is 35.3 Å². The summed E-state index contributed by atoms with van der Waals surface area (Å²) in [5, 5.41) is 11.0. The minimum absolute atomic E-state index is 0. The van der Waals surface area contributed by atoms with E-state index < -0.39 is 0 Å². The highest BCUT2D eigenvalue weighted by atomic mass is 127. The fourth-order valence-electron chi connectivity index (χ4n) is 3.76. The third-order valence-electron chi connectivity index (χ3n) is 5.70. The van der Waals surface area contributed by atoms with Crippen LogP contribution in [0.1, 0.15) is 23.4 Å². The number of halogens is 1. The molecule has 1 saturated heterocycles. The first kappa shape index (κ1) is 25.0. The first-order valence-electron chi connectivity index (χ1n) is 10.5. The Morgan fingerprint density at radius 2 is 1.77 bits per heavy atom. The van der Waals surface area contributed by atoms with Gasteiger partial charge < -0.3 is 20.4 Å². The van der Waals surface area contributed by atoms with E-state index in [9.17, 15) is 4.79 Å². The maximum Gasteiger partial charge on any atom is 0.224 e. The Hall–Kier alpha value is -2.30. The summed E-state index contributed by atoms with van der Waals surface area (Å²) < 4.78 is 1.89. The highest BCUT2D eigenvalue weighted by Crippen LogP contribution is 2.16. The molecule has 0 spiro atoms. The number of aliphatic imine (C=N–C) groups is 1. The molecule has 1 aliphatic heterocycles. The number of hydrogen-bond donors (Lipinski definition) is 2. The number of guanidine groups is 1. The SMILES string of the molecule is CN=C(NCCC(=O)N1CCN(c2ccccc2)CC1)NCc1c(C)nn(C)c1C.I. The van der Waals surface area contributed by atoms with Gasteiger partial charge in [0.1, 0.15) is 0 Å². The van der Waals surface area contributed by atoms with Gasteiger partial charge in [-0.15, -0.1) is 24.0 Å². The average Bonchev–Trinajstić information content (AvgIpc) is 3.02. The van der Waals surface area contributed by atoms with E-state index >= 15 is 0 Å². The van der Waals surface area contributed by atoms with Gasteiger partial charge in [-0.25, -0.2) is 0 Å². The van der Waals surface area contributed by atoms with Crippen molar-refractivity contribution in [3.05, 3.63) is 47.3 Å². The standard InChI is InChI=1S/C22H33N7O.HI/c1-17-20(18(2)27(4)26-17)16-25-22(23-3)24-11-10-21(30)29-14-12-28(13-15-29)19-8-6-5-7-9-19;/h5-9H,10-16H2,1-4H3,(H2,23,24,25);1H. The first-order valence-corrected chi connectivity index (χ1v) is 10.5. The summed E-state index contributed by atoms with van der Waals surface area (Å²) in [6.45, 7) is 8.55. The van der Waals surface area contributed by atoms with Crippen LogP contribution in [0.5, 0.6) is 0 Å². The quantitative estimate of drug-likeness (QED) is 0.334. The van der Waals surface area contributed by atoms with Gasteiger partial charge in [-0.3, -0.25) is 14.5 Å². The molecule has 9 heteroatoms. The molecule has 1 aromatic heterocycles. The molecule has 2 N–H and O–H groups in total. The van der Waals surface area contributed by atoms with Crippen molar-refractivity contribution in [2.24, 2.45) is 12.0 Å². The van der Waals surface area contributed by atoms with Crippen LogP contribution < -0.4 is 15.5 Å². The van der Waals surface area contributed by atoms with Crippen LogP contribution in [-0.2, 0) is 18.4 Å². The smallest absolute Gasteiger partial charge is 0.224 e. The number of benzene rings is 1. The maximum atomic E-state index is 12.6. The average molecular weight is 539 g/mol. The normalized spacial score (nSPS) is 14.3. The lowest BCUT2D eigenvalue weighted by Gasteiger charge is -2.36. The van der Waals surface area contributed by atoms with E-state index in [1.807, 2.05) is 29.6 Å². The van der Waals surface area contributed by atoms with E-state index in [-0.39, 0.29) is 29.9 Å². The lowest BCUT2D eigenvalue weighted by atomic mass is 10.2. The number of carbonyl (C=O) groups is 1. The second-order valence-electron chi connectivity index (χ2n) is 7.58. The Labute approximate surface area is 202 Å². The number of rotatable bonds is 6. The molecule has 0 radical (unpaired) electrons. The molecule has 2 aromatic rings. The summed E-state index contributed by atoms with van der Waals surface area (Å²) in [5.41, 5.74) is 4.55. The van der Waals surface area contributed by atoms with E-state index in [1.54, 1.807) is 7.05 Å². The number of para-hydroxylation sites is 1. The Bertz CT molecular complexity index is 873. The Balaban J connectivity index is 0.00000341. The van der Waals surface area contributed by atoms with Crippen molar-refractivity contribution in [2.75, 3.05) is 44.7 Å². The van der Waals surface area contributed by atoms with Gasteiger partial charge >= 0.3 is 0 Å². The molecule has 1 fully saturated rings. The number of anilines is 1. The fraction of sp³-hybridized carbons (Fsp3) is 0.500. The van der Waals surface area contributed by atoms with E-state index in [2.05, 4.69) is 56.8 Å². The molecule has 0 aliphatic carbocycles. The van der Waals surface area contributed by atoms with E-state index in [0.717, 1.165) is 37.6 Å².